The number of rotatable bonds is 5. The molecule has 116 valence electrons. The summed E-state index contributed by atoms with van der Waals surface area (Å²) in [6, 6.07) is 8.47. The fraction of sp³-hybridized carbons (Fsp3) is 0.529. The number of carbonyl (C=O) groups excluding carboxylic acids is 1. The van der Waals surface area contributed by atoms with Gasteiger partial charge < -0.3 is 5.32 Å². The molecule has 22 heavy (non-hydrogen) atoms. The molecule has 0 bridgehead atoms. The summed E-state index contributed by atoms with van der Waals surface area (Å²) in [7, 11) is 0. The number of hydrogen-bond donors (Lipinski definition) is 1. The van der Waals surface area contributed by atoms with E-state index >= 15 is 0 Å². The Hall–Kier alpha value is -1.54. The number of amides is 1. The van der Waals surface area contributed by atoms with Crippen molar-refractivity contribution in [2.24, 2.45) is 17.3 Å². The fourth-order valence-corrected chi connectivity index (χ4v) is 4.56. The normalized spacial score (nSPS) is 24.9. The van der Waals surface area contributed by atoms with E-state index in [0.717, 1.165) is 23.5 Å². The summed E-state index contributed by atoms with van der Waals surface area (Å²) in [6.07, 6.45) is 4.52. The molecule has 0 saturated heterocycles. The standard InChI is InChI=1S/C17H19FN2OS/c18-13-1-3-14(4-2-13)22-11-12-9-17(5-6-17)10-15(12)16(21)20-8-7-19/h1-4,12,15H,5-6,8-11H2,(H,20,21)/t12-,15+/m0/s1. The number of nitrogens with one attached hydrogen (secondary N) is 1. The molecule has 5 heteroatoms. The lowest BCUT2D eigenvalue weighted by Gasteiger charge is -2.18. The molecule has 2 atom stereocenters. The van der Waals surface area contributed by atoms with Gasteiger partial charge >= 0.3 is 0 Å². The van der Waals surface area contributed by atoms with E-state index in [0.29, 0.717) is 11.3 Å². The van der Waals surface area contributed by atoms with Crippen molar-refractivity contribution in [1.29, 1.82) is 5.26 Å². The van der Waals surface area contributed by atoms with Crippen LogP contribution in [0.1, 0.15) is 25.7 Å². The molecule has 1 amide bonds. The Balaban J connectivity index is 1.61. The Morgan fingerprint density at radius 3 is 2.73 bits per heavy atom. The lowest BCUT2D eigenvalue weighted by atomic mass is 9.97. The van der Waals surface area contributed by atoms with Gasteiger partial charge in [0.05, 0.1) is 6.07 Å². The second-order valence-electron chi connectivity index (χ2n) is 6.42. The van der Waals surface area contributed by atoms with E-state index in [-0.39, 0.29) is 24.2 Å². The Labute approximate surface area is 134 Å². The zero-order valence-electron chi connectivity index (χ0n) is 12.3. The van der Waals surface area contributed by atoms with Gasteiger partial charge in [0.2, 0.25) is 5.91 Å². The fourth-order valence-electron chi connectivity index (χ4n) is 3.47. The molecule has 3 nitrogen and oxygen atoms in total. The Kier molecular flexibility index (Phi) is 4.39. The lowest BCUT2D eigenvalue weighted by Crippen LogP contribution is -2.33. The van der Waals surface area contributed by atoms with Gasteiger partial charge in [0.1, 0.15) is 12.4 Å². The molecule has 1 spiro atoms. The van der Waals surface area contributed by atoms with E-state index in [4.69, 9.17) is 5.26 Å². The van der Waals surface area contributed by atoms with Crippen molar-refractivity contribution in [3.63, 3.8) is 0 Å². The highest BCUT2D eigenvalue weighted by atomic mass is 32.2. The van der Waals surface area contributed by atoms with Crippen LogP contribution in [-0.4, -0.2) is 18.2 Å². The second kappa shape index (κ2) is 6.29. The number of nitrogens with zero attached hydrogens (tertiary/aromatic N) is 1. The quantitative estimate of drug-likeness (QED) is 0.669. The van der Waals surface area contributed by atoms with E-state index in [1.807, 2.05) is 6.07 Å². The van der Waals surface area contributed by atoms with Crippen LogP contribution in [0.2, 0.25) is 0 Å². The molecule has 1 aromatic carbocycles. The van der Waals surface area contributed by atoms with Crippen LogP contribution in [0, 0.1) is 34.4 Å². The van der Waals surface area contributed by atoms with E-state index in [1.165, 1.54) is 25.0 Å². The van der Waals surface area contributed by atoms with Crippen LogP contribution in [0.25, 0.3) is 0 Å². The maximum Gasteiger partial charge on any atom is 0.224 e. The van der Waals surface area contributed by atoms with Gasteiger partial charge in [-0.05, 0) is 61.3 Å². The highest BCUT2D eigenvalue weighted by Crippen LogP contribution is 2.62. The van der Waals surface area contributed by atoms with Crippen molar-refractivity contribution in [2.45, 2.75) is 30.6 Å². The van der Waals surface area contributed by atoms with E-state index < -0.39 is 0 Å². The smallest absolute Gasteiger partial charge is 0.224 e. The van der Waals surface area contributed by atoms with E-state index in [9.17, 15) is 9.18 Å². The van der Waals surface area contributed by atoms with Crippen molar-refractivity contribution in [3.05, 3.63) is 30.1 Å². The largest absolute Gasteiger partial charge is 0.343 e. The Morgan fingerprint density at radius 2 is 2.09 bits per heavy atom. The number of carbonyl (C=O) groups is 1. The first-order chi connectivity index (χ1) is 10.6. The van der Waals surface area contributed by atoms with Crippen LogP contribution in [0.5, 0.6) is 0 Å². The highest BCUT2D eigenvalue weighted by molar-refractivity contribution is 7.99. The summed E-state index contributed by atoms with van der Waals surface area (Å²) in [5.74, 6) is 1.03. The number of nitriles is 1. The molecule has 3 rings (SSSR count). The molecule has 1 N–H and O–H groups in total. The molecule has 2 aliphatic rings. The van der Waals surface area contributed by atoms with Gasteiger partial charge in [0.15, 0.2) is 0 Å². The van der Waals surface area contributed by atoms with Gasteiger partial charge in [0.25, 0.3) is 0 Å². The lowest BCUT2D eigenvalue weighted by molar-refractivity contribution is -0.125. The third-order valence-corrected chi connectivity index (χ3v) is 6.03. The zero-order valence-corrected chi connectivity index (χ0v) is 13.2. The SMILES string of the molecule is N#CCNC(=O)[C@@H]1CC2(CC2)C[C@H]1CSc1ccc(F)cc1. The molecule has 0 heterocycles. The molecule has 0 unspecified atom stereocenters. The van der Waals surface area contributed by atoms with Crippen LogP contribution in [0.3, 0.4) is 0 Å². The highest BCUT2D eigenvalue weighted by Gasteiger charge is 2.54. The van der Waals surface area contributed by atoms with Gasteiger partial charge in [0, 0.05) is 16.6 Å². The van der Waals surface area contributed by atoms with Crippen LogP contribution < -0.4 is 5.32 Å². The number of thioether (sulfide) groups is 1. The molecule has 2 aliphatic carbocycles. The summed E-state index contributed by atoms with van der Waals surface area (Å²) in [4.78, 5) is 13.3. The van der Waals surface area contributed by atoms with Crippen LogP contribution in [-0.2, 0) is 4.79 Å². The van der Waals surface area contributed by atoms with Crippen LogP contribution in [0.4, 0.5) is 4.39 Å². The predicted octanol–water partition coefficient (Wildman–Crippen LogP) is 3.36. The first-order valence-electron chi connectivity index (χ1n) is 7.65. The molecule has 2 saturated carbocycles. The Bertz CT molecular complexity index is 592. The summed E-state index contributed by atoms with van der Waals surface area (Å²) in [6.45, 7) is 0.0835. The van der Waals surface area contributed by atoms with Crippen molar-refractivity contribution in [1.82, 2.24) is 5.32 Å². The minimum Gasteiger partial charge on any atom is -0.343 e. The summed E-state index contributed by atoms with van der Waals surface area (Å²) in [5, 5.41) is 11.3. The summed E-state index contributed by atoms with van der Waals surface area (Å²) in [5.41, 5.74) is 0.392. The van der Waals surface area contributed by atoms with E-state index in [2.05, 4.69) is 5.32 Å². The monoisotopic (exact) mass is 318 g/mol. The third kappa shape index (κ3) is 3.44. The first kappa shape index (κ1) is 15.4. The van der Waals surface area contributed by atoms with E-state index in [1.54, 1.807) is 23.9 Å². The third-order valence-electron chi connectivity index (χ3n) is 4.83. The molecular formula is C17H19FN2OS. The molecular weight excluding hydrogens is 299 g/mol. The van der Waals surface area contributed by atoms with Crippen LogP contribution >= 0.6 is 11.8 Å². The summed E-state index contributed by atoms with van der Waals surface area (Å²) >= 11 is 1.69. The van der Waals surface area contributed by atoms with Crippen molar-refractivity contribution in [2.75, 3.05) is 12.3 Å². The minimum absolute atomic E-state index is 0.0174. The predicted molar refractivity (Wildman–Crippen MR) is 83.6 cm³/mol. The topological polar surface area (TPSA) is 52.9 Å². The number of benzene rings is 1. The average Bonchev–Trinajstić information content (AvgIpc) is 3.17. The number of hydrogen-bond acceptors (Lipinski definition) is 3. The maximum atomic E-state index is 12.9. The van der Waals surface area contributed by atoms with Crippen molar-refractivity contribution < 1.29 is 9.18 Å². The van der Waals surface area contributed by atoms with Crippen molar-refractivity contribution in [3.8, 4) is 6.07 Å². The molecule has 2 fully saturated rings. The first-order valence-corrected chi connectivity index (χ1v) is 8.63. The van der Waals surface area contributed by atoms with Gasteiger partial charge in [-0.15, -0.1) is 11.8 Å². The minimum atomic E-state index is -0.226. The zero-order chi connectivity index (χ0) is 15.6. The van der Waals surface area contributed by atoms with Crippen molar-refractivity contribution >= 4 is 17.7 Å². The van der Waals surface area contributed by atoms with Crippen LogP contribution in [0.15, 0.2) is 29.2 Å². The maximum absolute atomic E-state index is 12.9. The number of halogens is 1. The van der Waals surface area contributed by atoms with Gasteiger partial charge in [-0.25, -0.2) is 4.39 Å². The van der Waals surface area contributed by atoms with Gasteiger partial charge in [-0.2, -0.15) is 5.26 Å². The Morgan fingerprint density at radius 1 is 1.36 bits per heavy atom. The van der Waals surface area contributed by atoms with Gasteiger partial charge in [-0.3, -0.25) is 4.79 Å². The van der Waals surface area contributed by atoms with Gasteiger partial charge in [-0.1, -0.05) is 0 Å². The molecule has 0 radical (unpaired) electrons. The molecule has 0 aromatic heterocycles. The molecule has 0 aliphatic heterocycles. The average molecular weight is 318 g/mol. The molecule has 1 aromatic rings. The second-order valence-corrected chi connectivity index (χ2v) is 7.51. The summed E-state index contributed by atoms with van der Waals surface area (Å²) < 4.78 is 12.9.